The molecule has 0 amide bonds. The Kier molecular flexibility index (Phi) is 5.07. The molecule has 2 aromatic heterocycles. The number of rotatable bonds is 4. The lowest BCUT2D eigenvalue weighted by molar-refractivity contribution is -0.705. The second-order valence-electron chi connectivity index (χ2n) is 6.20. The molecule has 0 bridgehead atoms. The minimum atomic E-state index is -4.41. The average Bonchev–Trinajstić information content (AvgIpc) is 2.48. The maximum absolute atomic E-state index is 12.8. The topological polar surface area (TPSA) is 16.8 Å². The van der Waals surface area contributed by atoms with Crippen LogP contribution in [0.3, 0.4) is 0 Å². The van der Waals surface area contributed by atoms with Crippen molar-refractivity contribution in [2.24, 2.45) is 0 Å². The second-order valence-corrected chi connectivity index (χ2v) is 6.20. The molecule has 1 unspecified atom stereocenters. The van der Waals surface area contributed by atoms with E-state index in [1.165, 1.54) is 11.6 Å². The highest BCUT2D eigenvalue weighted by Crippen LogP contribution is 2.28. The molecule has 23 heavy (non-hydrogen) atoms. The maximum atomic E-state index is 12.8. The van der Waals surface area contributed by atoms with Gasteiger partial charge in [0, 0.05) is 18.6 Å². The van der Waals surface area contributed by atoms with Gasteiger partial charge in [-0.2, -0.15) is 13.2 Å². The van der Waals surface area contributed by atoms with Crippen LogP contribution in [0.25, 0.3) is 0 Å². The maximum Gasteiger partial charge on any atom is 0.433 e. The lowest BCUT2D eigenvalue weighted by Gasteiger charge is -2.13. The van der Waals surface area contributed by atoms with Gasteiger partial charge in [-0.15, -0.1) is 0 Å². The quantitative estimate of drug-likeness (QED) is 0.750. The van der Waals surface area contributed by atoms with Gasteiger partial charge in [0.2, 0.25) is 0 Å². The fourth-order valence-electron chi connectivity index (χ4n) is 2.73. The van der Waals surface area contributed by atoms with Crippen molar-refractivity contribution < 1.29 is 17.7 Å². The molecule has 0 spiro atoms. The molecule has 0 aliphatic carbocycles. The first-order valence-corrected chi connectivity index (χ1v) is 7.73. The number of aromatic nitrogens is 2. The molecule has 2 aromatic rings. The Morgan fingerprint density at radius 3 is 2.39 bits per heavy atom. The minimum absolute atomic E-state index is 0.108. The molecule has 5 heteroatoms. The number of nitrogens with zero attached hydrogens (tertiary/aromatic N) is 2. The van der Waals surface area contributed by atoms with E-state index in [-0.39, 0.29) is 5.92 Å². The van der Waals surface area contributed by atoms with E-state index in [4.69, 9.17) is 0 Å². The Morgan fingerprint density at radius 1 is 1.09 bits per heavy atom. The van der Waals surface area contributed by atoms with Crippen LogP contribution in [0.15, 0.2) is 36.5 Å². The Morgan fingerprint density at radius 2 is 1.78 bits per heavy atom. The normalized spacial score (nSPS) is 13.4. The molecule has 124 valence electrons. The number of pyridine rings is 2. The van der Waals surface area contributed by atoms with E-state index in [9.17, 15) is 13.2 Å². The van der Waals surface area contributed by atoms with Crippen LogP contribution < -0.4 is 4.57 Å². The van der Waals surface area contributed by atoms with Gasteiger partial charge in [-0.1, -0.05) is 26.8 Å². The number of halogens is 3. The van der Waals surface area contributed by atoms with Crippen molar-refractivity contribution in [2.45, 2.75) is 52.3 Å². The number of alkyl halides is 3. The van der Waals surface area contributed by atoms with Gasteiger partial charge in [-0.3, -0.25) is 0 Å². The molecular formula is C18H22F3N2+. The summed E-state index contributed by atoms with van der Waals surface area (Å²) >= 11 is 0. The van der Waals surface area contributed by atoms with Crippen molar-refractivity contribution in [1.29, 1.82) is 0 Å². The van der Waals surface area contributed by atoms with Gasteiger partial charge in [0.1, 0.15) is 5.69 Å². The molecular weight excluding hydrogens is 301 g/mol. The van der Waals surface area contributed by atoms with Crippen LogP contribution >= 0.6 is 0 Å². The van der Waals surface area contributed by atoms with Crippen molar-refractivity contribution in [3.63, 3.8) is 0 Å². The summed E-state index contributed by atoms with van der Waals surface area (Å²) in [4.78, 5) is 3.79. The molecule has 0 aliphatic heterocycles. The summed E-state index contributed by atoms with van der Waals surface area (Å²) in [5.41, 5.74) is 2.01. The molecule has 0 aromatic carbocycles. The van der Waals surface area contributed by atoms with Gasteiger partial charge < -0.3 is 0 Å². The predicted molar refractivity (Wildman–Crippen MR) is 83.1 cm³/mol. The number of hydrogen-bond donors (Lipinski definition) is 0. The Hall–Kier alpha value is -1.91. The summed E-state index contributed by atoms with van der Waals surface area (Å²) in [5, 5.41) is 0. The summed E-state index contributed by atoms with van der Waals surface area (Å²) in [6.45, 7) is 8.80. The zero-order chi connectivity index (χ0) is 17.2. The fourth-order valence-corrected chi connectivity index (χ4v) is 2.73. The molecule has 2 heterocycles. The van der Waals surface area contributed by atoms with Gasteiger partial charge in [0.25, 0.3) is 0 Å². The Labute approximate surface area is 135 Å². The van der Waals surface area contributed by atoms with E-state index in [2.05, 4.69) is 29.5 Å². The molecule has 2 nitrogen and oxygen atoms in total. The molecule has 0 saturated heterocycles. The molecule has 0 N–H and O–H groups in total. The smallest absolute Gasteiger partial charge is 0.248 e. The molecule has 0 saturated carbocycles. The van der Waals surface area contributed by atoms with Crippen LogP contribution in [0.2, 0.25) is 0 Å². The van der Waals surface area contributed by atoms with Crippen LogP contribution in [0.5, 0.6) is 0 Å². The third-order valence-electron chi connectivity index (χ3n) is 4.05. The van der Waals surface area contributed by atoms with E-state index in [0.29, 0.717) is 18.2 Å². The third kappa shape index (κ3) is 4.09. The van der Waals surface area contributed by atoms with E-state index in [1.807, 2.05) is 26.1 Å². The highest BCUT2D eigenvalue weighted by Gasteiger charge is 2.33. The minimum Gasteiger partial charge on any atom is -0.248 e. The SMILES string of the molecule is Cc1c(C(C)C)ccc[n+]1CC(C)c1cccc(C(F)(F)F)n1. The van der Waals surface area contributed by atoms with Crippen LogP contribution in [-0.4, -0.2) is 4.98 Å². The lowest BCUT2D eigenvalue weighted by atomic mass is 10.0. The first-order chi connectivity index (χ1) is 10.7. The summed E-state index contributed by atoms with van der Waals surface area (Å²) in [7, 11) is 0. The van der Waals surface area contributed by atoms with Crippen molar-refractivity contribution in [3.8, 4) is 0 Å². The highest BCUT2D eigenvalue weighted by atomic mass is 19.4. The van der Waals surface area contributed by atoms with Crippen molar-refractivity contribution in [2.75, 3.05) is 0 Å². The van der Waals surface area contributed by atoms with Crippen LogP contribution in [0, 0.1) is 6.92 Å². The first-order valence-electron chi connectivity index (χ1n) is 7.73. The molecule has 2 rings (SSSR count). The first kappa shape index (κ1) is 17.4. The second kappa shape index (κ2) is 6.69. The largest absolute Gasteiger partial charge is 0.433 e. The van der Waals surface area contributed by atoms with E-state index in [1.54, 1.807) is 6.07 Å². The summed E-state index contributed by atoms with van der Waals surface area (Å²) < 4.78 is 40.5. The van der Waals surface area contributed by atoms with E-state index >= 15 is 0 Å². The molecule has 0 fully saturated rings. The Balaban J connectivity index is 2.26. The van der Waals surface area contributed by atoms with Crippen molar-refractivity contribution >= 4 is 0 Å². The lowest BCUT2D eigenvalue weighted by Crippen LogP contribution is -2.40. The standard InChI is InChI=1S/C18H22F3N2/c1-12(2)15-7-6-10-23(14(15)4)11-13(3)16-8-5-9-17(22-16)18(19,20)21/h5-10,12-13H,11H2,1-4H3/q+1. The van der Waals surface area contributed by atoms with Crippen molar-refractivity contribution in [3.05, 3.63) is 59.2 Å². The fraction of sp³-hybridized carbons (Fsp3) is 0.444. The monoisotopic (exact) mass is 323 g/mol. The predicted octanol–water partition coefficient (Wildman–Crippen LogP) is 4.62. The zero-order valence-electron chi connectivity index (χ0n) is 13.9. The van der Waals surface area contributed by atoms with Gasteiger partial charge >= 0.3 is 6.18 Å². The molecule has 1 atom stereocenters. The van der Waals surface area contributed by atoms with Gasteiger partial charge in [-0.25, -0.2) is 9.55 Å². The van der Waals surface area contributed by atoms with Crippen LogP contribution in [0.4, 0.5) is 13.2 Å². The number of hydrogen-bond acceptors (Lipinski definition) is 1. The zero-order valence-corrected chi connectivity index (χ0v) is 13.9. The average molecular weight is 323 g/mol. The summed E-state index contributed by atoms with van der Waals surface area (Å²) in [5.74, 6) is 0.299. The van der Waals surface area contributed by atoms with Gasteiger partial charge in [0.15, 0.2) is 18.4 Å². The van der Waals surface area contributed by atoms with Crippen molar-refractivity contribution in [1.82, 2.24) is 4.98 Å². The van der Waals surface area contributed by atoms with Crippen LogP contribution in [0.1, 0.15) is 55.3 Å². The summed E-state index contributed by atoms with van der Waals surface area (Å²) in [6, 6.07) is 8.15. The van der Waals surface area contributed by atoms with Gasteiger partial charge in [-0.05, 0) is 24.1 Å². The highest BCUT2D eigenvalue weighted by molar-refractivity contribution is 5.19. The Bertz CT molecular complexity index is 678. The van der Waals surface area contributed by atoms with E-state index < -0.39 is 11.9 Å². The summed E-state index contributed by atoms with van der Waals surface area (Å²) in [6.07, 6.45) is -2.44. The van der Waals surface area contributed by atoms with E-state index in [0.717, 1.165) is 11.8 Å². The van der Waals surface area contributed by atoms with Crippen LogP contribution in [-0.2, 0) is 12.7 Å². The third-order valence-corrected chi connectivity index (χ3v) is 4.05. The molecule has 0 radical (unpaired) electrons. The molecule has 0 aliphatic rings. The van der Waals surface area contributed by atoms with Gasteiger partial charge in [0.05, 0.1) is 11.6 Å².